The summed E-state index contributed by atoms with van der Waals surface area (Å²) in [5.41, 5.74) is 1.30. The van der Waals surface area contributed by atoms with Gasteiger partial charge in [-0.15, -0.1) is 24.0 Å². The van der Waals surface area contributed by atoms with Crippen LogP contribution >= 0.6 is 24.0 Å². The highest BCUT2D eigenvalue weighted by Crippen LogP contribution is 2.10. The van der Waals surface area contributed by atoms with E-state index in [1.54, 1.807) is 0 Å². The van der Waals surface area contributed by atoms with Crippen molar-refractivity contribution < 1.29 is 4.79 Å². The maximum atomic E-state index is 11.8. The number of halogens is 1. The third kappa shape index (κ3) is 6.67. The second-order valence-electron chi connectivity index (χ2n) is 5.82. The van der Waals surface area contributed by atoms with E-state index in [9.17, 15) is 4.79 Å². The molecule has 2 rings (SSSR count). The van der Waals surface area contributed by atoms with Crippen molar-refractivity contribution in [2.75, 3.05) is 26.2 Å². The van der Waals surface area contributed by atoms with E-state index in [4.69, 9.17) is 0 Å². The van der Waals surface area contributed by atoms with Crippen molar-refractivity contribution in [3.63, 3.8) is 0 Å². The zero-order chi connectivity index (χ0) is 16.5. The smallest absolute Gasteiger partial charge is 0.222 e. The maximum Gasteiger partial charge on any atom is 0.222 e. The summed E-state index contributed by atoms with van der Waals surface area (Å²) in [5, 5.41) is 6.75. The molecule has 1 fully saturated rings. The molecule has 6 heteroatoms. The zero-order valence-corrected chi connectivity index (χ0v) is 17.0. The van der Waals surface area contributed by atoms with Crippen LogP contribution in [0.4, 0.5) is 0 Å². The molecule has 134 valence electrons. The lowest BCUT2D eigenvalue weighted by molar-refractivity contribution is -0.129. The minimum absolute atomic E-state index is 0. The highest BCUT2D eigenvalue weighted by atomic mass is 127. The number of hydrogen-bond acceptors (Lipinski definition) is 2. The summed E-state index contributed by atoms with van der Waals surface area (Å²) < 4.78 is 0. The van der Waals surface area contributed by atoms with Crippen LogP contribution in [0.25, 0.3) is 0 Å². The Bertz CT molecular complexity index is 521. The summed E-state index contributed by atoms with van der Waals surface area (Å²) in [5.74, 6) is 1.08. The van der Waals surface area contributed by atoms with E-state index in [1.165, 1.54) is 5.56 Å². The minimum Gasteiger partial charge on any atom is -0.357 e. The first-order valence-electron chi connectivity index (χ1n) is 8.59. The molecule has 1 amide bonds. The van der Waals surface area contributed by atoms with E-state index in [2.05, 4.69) is 46.8 Å². The summed E-state index contributed by atoms with van der Waals surface area (Å²) in [6.07, 6.45) is 2.50. The summed E-state index contributed by atoms with van der Waals surface area (Å²) in [7, 11) is 0. The molecule has 1 aromatic rings. The van der Waals surface area contributed by atoms with Gasteiger partial charge in [-0.25, -0.2) is 0 Å². The molecular formula is C18H29IN4O. The van der Waals surface area contributed by atoms with Crippen LogP contribution in [-0.4, -0.2) is 49.0 Å². The van der Waals surface area contributed by atoms with Crippen LogP contribution in [0.15, 0.2) is 35.3 Å². The summed E-state index contributed by atoms with van der Waals surface area (Å²) in [6.45, 7) is 7.18. The Hall–Kier alpha value is -1.31. The van der Waals surface area contributed by atoms with Gasteiger partial charge in [0.05, 0.1) is 0 Å². The molecule has 0 bridgehead atoms. The number of nitrogens with zero attached hydrogens (tertiary/aromatic N) is 2. The van der Waals surface area contributed by atoms with Gasteiger partial charge in [-0.3, -0.25) is 9.79 Å². The average molecular weight is 444 g/mol. The maximum absolute atomic E-state index is 11.8. The second-order valence-corrected chi connectivity index (χ2v) is 5.82. The van der Waals surface area contributed by atoms with E-state index >= 15 is 0 Å². The minimum atomic E-state index is 0. The fourth-order valence-corrected chi connectivity index (χ4v) is 2.78. The van der Waals surface area contributed by atoms with Crippen molar-refractivity contribution in [1.82, 2.24) is 15.5 Å². The molecule has 24 heavy (non-hydrogen) atoms. The molecule has 5 nitrogen and oxygen atoms in total. The molecule has 1 unspecified atom stereocenters. The quantitative estimate of drug-likeness (QED) is 0.403. The fraction of sp³-hybridized carbons (Fsp3) is 0.556. The number of nitrogens with one attached hydrogen (secondary N) is 2. The molecule has 0 aromatic heterocycles. The van der Waals surface area contributed by atoms with Crippen molar-refractivity contribution in [3.8, 4) is 0 Å². The van der Waals surface area contributed by atoms with Gasteiger partial charge in [-0.05, 0) is 25.3 Å². The molecule has 1 aliphatic rings. The number of hydrogen-bond donors (Lipinski definition) is 2. The Morgan fingerprint density at radius 3 is 2.71 bits per heavy atom. The standard InChI is InChI=1S/C18H28N4O.HI/c1-3-17(23)22-13-11-16(14-22)21-18(19-4-2)20-12-10-15-8-6-5-7-9-15;/h5-9,16H,3-4,10-14H2,1-2H3,(H2,19,20,21);1H. The number of benzene rings is 1. The molecule has 0 saturated carbocycles. The zero-order valence-electron chi connectivity index (χ0n) is 14.6. The Labute approximate surface area is 162 Å². The molecule has 1 aliphatic heterocycles. The summed E-state index contributed by atoms with van der Waals surface area (Å²) in [4.78, 5) is 18.3. The Kier molecular flexibility index (Phi) is 9.75. The van der Waals surface area contributed by atoms with E-state index in [0.717, 1.165) is 45.0 Å². The van der Waals surface area contributed by atoms with Crippen LogP contribution in [0.1, 0.15) is 32.3 Å². The average Bonchev–Trinajstić information content (AvgIpc) is 3.04. The van der Waals surface area contributed by atoms with Crippen LogP contribution in [0, 0.1) is 0 Å². The van der Waals surface area contributed by atoms with E-state index < -0.39 is 0 Å². The third-order valence-electron chi connectivity index (χ3n) is 4.04. The number of amides is 1. The highest BCUT2D eigenvalue weighted by Gasteiger charge is 2.25. The first-order valence-corrected chi connectivity index (χ1v) is 8.59. The van der Waals surface area contributed by atoms with Gasteiger partial charge in [0.25, 0.3) is 0 Å². The van der Waals surface area contributed by atoms with Crippen molar-refractivity contribution in [2.45, 2.75) is 39.2 Å². The number of carbonyl (C=O) groups excluding carboxylic acids is 1. The van der Waals surface area contributed by atoms with Gasteiger partial charge in [0.1, 0.15) is 0 Å². The molecule has 1 aromatic carbocycles. The monoisotopic (exact) mass is 444 g/mol. The number of guanidine groups is 1. The van der Waals surface area contributed by atoms with Crippen LogP contribution in [0.3, 0.4) is 0 Å². The van der Waals surface area contributed by atoms with Gasteiger partial charge >= 0.3 is 0 Å². The Balaban J connectivity index is 0.00000288. The van der Waals surface area contributed by atoms with E-state index in [1.807, 2.05) is 17.9 Å². The van der Waals surface area contributed by atoms with Crippen LogP contribution < -0.4 is 10.6 Å². The molecule has 2 N–H and O–H groups in total. The van der Waals surface area contributed by atoms with Crippen LogP contribution in [0.2, 0.25) is 0 Å². The largest absolute Gasteiger partial charge is 0.357 e. The van der Waals surface area contributed by atoms with Crippen LogP contribution in [0.5, 0.6) is 0 Å². The number of rotatable bonds is 6. The SMILES string of the molecule is CCNC(=NCCc1ccccc1)NC1CCN(C(=O)CC)C1.I. The fourth-order valence-electron chi connectivity index (χ4n) is 2.78. The number of carbonyl (C=O) groups is 1. The van der Waals surface area contributed by atoms with Crippen molar-refractivity contribution >= 4 is 35.8 Å². The second kappa shape index (κ2) is 11.3. The van der Waals surface area contributed by atoms with E-state index in [0.29, 0.717) is 12.5 Å². The molecule has 0 aliphatic carbocycles. The van der Waals surface area contributed by atoms with Gasteiger partial charge in [0.2, 0.25) is 5.91 Å². The topological polar surface area (TPSA) is 56.7 Å². The molecule has 1 atom stereocenters. The van der Waals surface area contributed by atoms with Crippen molar-refractivity contribution in [1.29, 1.82) is 0 Å². The predicted molar refractivity (Wildman–Crippen MR) is 110 cm³/mol. The first-order chi connectivity index (χ1) is 11.2. The normalized spacial score (nSPS) is 17.3. The van der Waals surface area contributed by atoms with Gasteiger partial charge in [-0.2, -0.15) is 0 Å². The lowest BCUT2D eigenvalue weighted by atomic mass is 10.2. The van der Waals surface area contributed by atoms with Crippen molar-refractivity contribution in [2.24, 2.45) is 4.99 Å². The third-order valence-corrected chi connectivity index (χ3v) is 4.04. The van der Waals surface area contributed by atoms with Gasteiger partial charge in [0, 0.05) is 38.6 Å². The van der Waals surface area contributed by atoms with Gasteiger partial charge in [-0.1, -0.05) is 37.3 Å². The molecule has 1 heterocycles. The first kappa shape index (κ1) is 20.7. The molecule has 1 saturated heterocycles. The predicted octanol–water partition coefficient (Wildman–Crippen LogP) is 2.41. The van der Waals surface area contributed by atoms with E-state index in [-0.39, 0.29) is 29.9 Å². The molecular weight excluding hydrogens is 415 g/mol. The Morgan fingerprint density at radius 1 is 1.29 bits per heavy atom. The number of likely N-dealkylation sites (tertiary alicyclic amines) is 1. The lowest BCUT2D eigenvalue weighted by Gasteiger charge is -2.18. The molecule has 0 radical (unpaired) electrons. The molecule has 0 spiro atoms. The van der Waals surface area contributed by atoms with Gasteiger partial charge < -0.3 is 15.5 Å². The number of aliphatic imine (C=N–C) groups is 1. The summed E-state index contributed by atoms with van der Waals surface area (Å²) >= 11 is 0. The van der Waals surface area contributed by atoms with Gasteiger partial charge in [0.15, 0.2) is 5.96 Å². The highest BCUT2D eigenvalue weighted by molar-refractivity contribution is 14.0. The van der Waals surface area contributed by atoms with Crippen molar-refractivity contribution in [3.05, 3.63) is 35.9 Å². The summed E-state index contributed by atoms with van der Waals surface area (Å²) in [6, 6.07) is 10.7. The lowest BCUT2D eigenvalue weighted by Crippen LogP contribution is -2.45. The van der Waals surface area contributed by atoms with Crippen LogP contribution in [-0.2, 0) is 11.2 Å². The Morgan fingerprint density at radius 2 is 2.04 bits per heavy atom.